The van der Waals surface area contributed by atoms with E-state index in [-0.39, 0.29) is 11.5 Å². The zero-order valence-electron chi connectivity index (χ0n) is 43.4. The third kappa shape index (κ3) is 9.61. The molecule has 11 heterocycles. The zero-order chi connectivity index (χ0) is 52.6. The fourth-order valence-electron chi connectivity index (χ4n) is 9.29. The summed E-state index contributed by atoms with van der Waals surface area (Å²) >= 11 is 0. The predicted molar refractivity (Wildman–Crippen MR) is 281 cm³/mol. The Hall–Kier alpha value is -8.20. The van der Waals surface area contributed by atoms with Gasteiger partial charge in [0.1, 0.15) is 40.1 Å². The van der Waals surface area contributed by atoms with Gasteiger partial charge < -0.3 is 43.7 Å². The van der Waals surface area contributed by atoms with Gasteiger partial charge in [0, 0.05) is 93.1 Å². The summed E-state index contributed by atoms with van der Waals surface area (Å²) in [6.45, 7) is 14.1. The highest BCUT2D eigenvalue weighted by Gasteiger charge is 2.47. The quantitative estimate of drug-likeness (QED) is 0.109. The molecule has 0 radical (unpaired) electrons. The van der Waals surface area contributed by atoms with E-state index in [1.165, 1.54) is 6.21 Å². The number of hydrogen-bond acceptors (Lipinski definition) is 16. The summed E-state index contributed by atoms with van der Waals surface area (Å²) in [5, 5.41) is 16.8. The second-order valence-corrected chi connectivity index (χ2v) is 18.2. The largest absolute Gasteiger partial charge is 0.496 e. The van der Waals surface area contributed by atoms with Crippen LogP contribution >= 0.6 is 0 Å². The topological polar surface area (TPSA) is 207 Å². The minimum atomic E-state index is -3.03. The Bertz CT molecular complexity index is 3550. The van der Waals surface area contributed by atoms with E-state index in [9.17, 15) is 8.78 Å². The maximum atomic E-state index is 13.5. The molecule has 0 atom stereocenters. The lowest BCUT2D eigenvalue weighted by Crippen LogP contribution is -2.62. The number of hydrogen-bond donors (Lipinski definition) is 2. The molecule has 0 saturated carbocycles. The van der Waals surface area contributed by atoms with Gasteiger partial charge in [-0.05, 0) is 64.8 Å². The number of imidazole rings is 2. The standard InChI is InChI=1S/C27H28N8O2.C24H25F2N7O2.C2H6/c1-16-18-13-29-35(21(18)10-20(30-16)19-12-28-8-6-23(19)36-4)24-11-22-25(31-17(2)33(22)3)26(32-24)34-14-27(15-34)7-5-9-37-27;1-13-15(10-27)17(8-18(29-13)16-11-28-7-6-20(16)34-5)31-21-9-19-22(30-14(2)33(19)4)23(32-21)35-12-24(3,25)26;1-2/h6,8,10-13H,5,7,9,14-15H2,1-4H3;6-11,27H,12H2,1-5H3,(H,29,31,32);1-2H3. The lowest BCUT2D eigenvalue weighted by molar-refractivity contribution is -0.0237. The van der Waals surface area contributed by atoms with Crippen LogP contribution in [0.3, 0.4) is 0 Å². The Labute approximate surface area is 426 Å². The smallest absolute Gasteiger partial charge is 0.278 e. The maximum Gasteiger partial charge on any atom is 0.278 e. The molecule has 19 nitrogen and oxygen atoms in total. The van der Waals surface area contributed by atoms with Crippen molar-refractivity contribution in [1.29, 1.82) is 5.41 Å². The lowest BCUT2D eigenvalue weighted by Gasteiger charge is -2.47. The van der Waals surface area contributed by atoms with Crippen LogP contribution in [-0.4, -0.2) is 117 Å². The third-order valence-corrected chi connectivity index (χ3v) is 13.2. The minimum absolute atomic E-state index is 0.00782. The molecule has 0 bridgehead atoms. The molecule has 0 aromatic carbocycles. The van der Waals surface area contributed by atoms with Crippen molar-refractivity contribution >= 4 is 56.5 Å². The zero-order valence-corrected chi connectivity index (χ0v) is 43.4. The van der Waals surface area contributed by atoms with Gasteiger partial charge in [-0.3, -0.25) is 19.9 Å². The molecule has 2 aliphatic rings. The highest BCUT2D eigenvalue weighted by Crippen LogP contribution is 2.41. The highest BCUT2D eigenvalue weighted by atomic mass is 19.3. The number of fused-ring (bicyclic) bond motifs is 3. The molecule has 1 spiro atoms. The van der Waals surface area contributed by atoms with Crippen molar-refractivity contribution < 1.29 is 27.7 Å². The average molecular weight is 1010 g/mol. The number of alkyl halides is 2. The van der Waals surface area contributed by atoms with Crippen LogP contribution in [0.15, 0.2) is 67.4 Å². The van der Waals surface area contributed by atoms with Gasteiger partial charge in [-0.2, -0.15) is 10.1 Å². The molecule has 0 unspecified atom stereocenters. The number of aryl methyl sites for hydroxylation is 6. The summed E-state index contributed by atoms with van der Waals surface area (Å²) in [5.41, 5.74) is 9.30. The van der Waals surface area contributed by atoms with Crippen molar-refractivity contribution in [2.24, 2.45) is 14.1 Å². The van der Waals surface area contributed by atoms with Crippen molar-refractivity contribution in [3.05, 3.63) is 96.0 Å². The summed E-state index contributed by atoms with van der Waals surface area (Å²) in [6, 6.07) is 11.2. The first kappa shape index (κ1) is 50.7. The van der Waals surface area contributed by atoms with Gasteiger partial charge in [0.2, 0.25) is 5.88 Å². The van der Waals surface area contributed by atoms with Crippen LogP contribution in [0.25, 0.3) is 61.3 Å². The number of methoxy groups -OCH3 is 2. The Morgan fingerprint density at radius 2 is 1.41 bits per heavy atom. The molecule has 2 aliphatic heterocycles. The maximum absolute atomic E-state index is 13.5. The molecule has 384 valence electrons. The van der Waals surface area contributed by atoms with Crippen LogP contribution in [0.2, 0.25) is 0 Å². The van der Waals surface area contributed by atoms with Crippen molar-refractivity contribution in [3.63, 3.8) is 0 Å². The van der Waals surface area contributed by atoms with Gasteiger partial charge in [0.25, 0.3) is 5.92 Å². The summed E-state index contributed by atoms with van der Waals surface area (Å²) in [6.07, 6.45) is 12.0. The second-order valence-electron chi connectivity index (χ2n) is 18.2. The van der Waals surface area contributed by atoms with Crippen molar-refractivity contribution in [1.82, 2.24) is 58.8 Å². The monoisotopic (exact) mass is 1010 g/mol. The SMILES string of the molecule is CC.COc1ccncc1-c1cc(Nc2cc3c(nc(C)n3C)c(OCC(C)(F)F)n2)c(C=N)c(C)n1.COc1ccncc1-c1cc2c(cnn2-c2cc3c(nc(C)n3C)c(N3CC4(CCCO4)C3)n2)c(C)n1. The molecule has 2 saturated heterocycles. The molecule has 11 rings (SSSR count). The van der Waals surface area contributed by atoms with E-state index >= 15 is 0 Å². The lowest BCUT2D eigenvalue weighted by atomic mass is 9.91. The summed E-state index contributed by atoms with van der Waals surface area (Å²) < 4.78 is 55.3. The predicted octanol–water partition coefficient (Wildman–Crippen LogP) is 9.61. The number of halogens is 2. The molecule has 74 heavy (non-hydrogen) atoms. The van der Waals surface area contributed by atoms with E-state index in [2.05, 4.69) is 45.8 Å². The Balaban J connectivity index is 0.000000176. The van der Waals surface area contributed by atoms with Crippen LogP contribution in [-0.2, 0) is 18.8 Å². The molecule has 21 heteroatoms. The summed E-state index contributed by atoms with van der Waals surface area (Å²) in [4.78, 5) is 39.0. The van der Waals surface area contributed by atoms with Gasteiger partial charge >= 0.3 is 0 Å². The summed E-state index contributed by atoms with van der Waals surface area (Å²) in [7, 11) is 7.08. The fraction of sp³-hybridized carbons (Fsp3) is 0.358. The number of pyridine rings is 6. The number of rotatable bonds is 12. The van der Waals surface area contributed by atoms with Gasteiger partial charge in [0.05, 0.1) is 78.3 Å². The highest BCUT2D eigenvalue weighted by molar-refractivity contribution is 5.93. The van der Waals surface area contributed by atoms with Crippen molar-refractivity contribution in [3.8, 4) is 45.7 Å². The average Bonchev–Trinajstić information content (AvgIpc) is 4.19. The van der Waals surface area contributed by atoms with Gasteiger partial charge in [0.15, 0.2) is 23.8 Å². The van der Waals surface area contributed by atoms with E-state index in [1.54, 1.807) is 71.1 Å². The molecule has 0 aliphatic carbocycles. The van der Waals surface area contributed by atoms with Gasteiger partial charge in [-0.15, -0.1) is 0 Å². The number of ether oxygens (including phenoxy) is 4. The summed E-state index contributed by atoms with van der Waals surface area (Å²) in [5.74, 6) is 1.86. The molecular weight excluding hydrogens is 949 g/mol. The van der Waals surface area contributed by atoms with Crippen molar-refractivity contribution in [2.45, 2.75) is 72.8 Å². The van der Waals surface area contributed by atoms with E-state index in [0.717, 1.165) is 102 Å². The van der Waals surface area contributed by atoms with Crippen LogP contribution < -0.4 is 24.4 Å². The number of nitrogens with zero attached hydrogens (tertiary/aromatic N) is 13. The molecule has 2 fully saturated rings. The molecule has 9 aromatic rings. The molecule has 2 N–H and O–H groups in total. The molecular formula is C53H59F2N15O4. The van der Waals surface area contributed by atoms with Crippen LogP contribution in [0.4, 0.5) is 26.1 Å². The van der Waals surface area contributed by atoms with Crippen LogP contribution in [0.5, 0.6) is 17.4 Å². The van der Waals surface area contributed by atoms with Crippen LogP contribution in [0, 0.1) is 33.1 Å². The first-order valence-electron chi connectivity index (χ1n) is 24.3. The molecule has 0 amide bonds. The molecule has 9 aromatic heterocycles. The van der Waals surface area contributed by atoms with E-state index in [4.69, 9.17) is 44.4 Å². The first-order chi connectivity index (χ1) is 35.6. The van der Waals surface area contributed by atoms with Gasteiger partial charge in [-0.25, -0.2) is 28.4 Å². The van der Waals surface area contributed by atoms with E-state index in [1.807, 2.05) is 69.4 Å². The third-order valence-electron chi connectivity index (χ3n) is 13.2. The number of nitrogens with one attached hydrogen (secondary N) is 2. The van der Waals surface area contributed by atoms with Crippen LogP contribution in [0.1, 0.15) is 62.2 Å². The Kier molecular flexibility index (Phi) is 14.0. The minimum Gasteiger partial charge on any atom is -0.496 e. The Morgan fingerprint density at radius 1 is 0.784 bits per heavy atom. The Morgan fingerprint density at radius 3 is 2.01 bits per heavy atom. The van der Waals surface area contributed by atoms with Gasteiger partial charge in [-0.1, -0.05) is 13.8 Å². The fourth-order valence-corrected chi connectivity index (χ4v) is 9.29. The van der Waals surface area contributed by atoms with E-state index < -0.39 is 12.5 Å². The van der Waals surface area contributed by atoms with E-state index in [0.29, 0.717) is 56.6 Å². The number of anilines is 3. The number of aromatic nitrogens is 12. The van der Waals surface area contributed by atoms with Crippen molar-refractivity contribution in [2.75, 3.05) is 50.7 Å². The second kappa shape index (κ2) is 20.4. The first-order valence-corrected chi connectivity index (χ1v) is 24.3. The normalized spacial score (nSPS) is 13.9.